The first-order valence-corrected chi connectivity index (χ1v) is 11.4. The molecule has 1 aromatic carbocycles. The summed E-state index contributed by atoms with van der Waals surface area (Å²) in [6.45, 7) is 3.70. The standard InChI is InChI=1S/C20H22ClN3O5S/c1-13(2)29-19(25)11-17(15-5-3-4-6-16(15)21)22-20(26)14-7-8-18-23-30(27,28)10-9-24(18)12-14/h3-8,12-13,17H,9-11H2,1-2H3,(H,22,26). The SMILES string of the molecule is CC(C)OC(=O)CC(NC(=O)C1=CN2CCS(=O)(=O)N=C2C=C1)c1ccccc1Cl. The van der Waals surface area contributed by atoms with Crippen LogP contribution >= 0.6 is 11.6 Å². The van der Waals surface area contributed by atoms with Gasteiger partial charge < -0.3 is 15.0 Å². The first-order chi connectivity index (χ1) is 14.1. The fourth-order valence-corrected chi connectivity index (χ4v) is 4.29. The first-order valence-electron chi connectivity index (χ1n) is 9.38. The number of fused-ring (bicyclic) bond motifs is 1. The maximum absolute atomic E-state index is 12.9. The van der Waals surface area contributed by atoms with E-state index in [9.17, 15) is 18.0 Å². The number of ether oxygens (including phenoxy) is 1. The van der Waals surface area contributed by atoms with Crippen molar-refractivity contribution in [3.63, 3.8) is 0 Å². The van der Waals surface area contributed by atoms with Crippen molar-refractivity contribution in [3.8, 4) is 0 Å². The van der Waals surface area contributed by atoms with Crippen LogP contribution in [0.1, 0.15) is 31.9 Å². The van der Waals surface area contributed by atoms with Crippen molar-refractivity contribution in [2.24, 2.45) is 4.40 Å². The van der Waals surface area contributed by atoms with Crippen LogP contribution in [0.3, 0.4) is 0 Å². The number of rotatable bonds is 6. The van der Waals surface area contributed by atoms with Crippen LogP contribution in [0.15, 0.2) is 52.6 Å². The van der Waals surface area contributed by atoms with Gasteiger partial charge in [0.1, 0.15) is 5.84 Å². The molecular formula is C20H22ClN3O5S. The van der Waals surface area contributed by atoms with Gasteiger partial charge in [-0.1, -0.05) is 29.8 Å². The molecule has 0 saturated heterocycles. The van der Waals surface area contributed by atoms with Crippen LogP contribution in [0.2, 0.25) is 5.02 Å². The Balaban J connectivity index is 1.80. The molecule has 0 fully saturated rings. The maximum atomic E-state index is 12.9. The fourth-order valence-electron chi connectivity index (χ4n) is 3.05. The molecule has 2 aliphatic heterocycles. The van der Waals surface area contributed by atoms with E-state index in [0.717, 1.165) is 0 Å². The highest BCUT2D eigenvalue weighted by Gasteiger charge is 2.27. The molecule has 30 heavy (non-hydrogen) atoms. The minimum atomic E-state index is -3.48. The van der Waals surface area contributed by atoms with E-state index in [-0.39, 0.29) is 30.7 Å². The van der Waals surface area contributed by atoms with Gasteiger partial charge in [-0.3, -0.25) is 9.59 Å². The molecule has 0 aliphatic carbocycles. The molecule has 1 amide bonds. The number of halogens is 1. The van der Waals surface area contributed by atoms with Crippen molar-refractivity contribution in [3.05, 3.63) is 58.8 Å². The number of carbonyl (C=O) groups is 2. The normalized spacial score (nSPS) is 18.2. The van der Waals surface area contributed by atoms with Gasteiger partial charge in [-0.25, -0.2) is 8.42 Å². The Hall–Kier alpha value is -2.65. The van der Waals surface area contributed by atoms with Crippen molar-refractivity contribution < 1.29 is 22.7 Å². The number of hydrogen-bond acceptors (Lipinski definition) is 6. The average molecular weight is 452 g/mol. The number of nitrogens with one attached hydrogen (secondary N) is 1. The lowest BCUT2D eigenvalue weighted by molar-refractivity contribution is -0.148. The second-order valence-corrected chi connectivity index (χ2v) is 9.30. The van der Waals surface area contributed by atoms with E-state index in [1.807, 2.05) is 0 Å². The summed E-state index contributed by atoms with van der Waals surface area (Å²) in [7, 11) is -3.48. The van der Waals surface area contributed by atoms with Crippen LogP contribution in [0.4, 0.5) is 0 Å². The predicted octanol–water partition coefficient (Wildman–Crippen LogP) is 2.34. The van der Waals surface area contributed by atoms with Crippen LogP contribution in [0.25, 0.3) is 0 Å². The molecule has 0 saturated carbocycles. The Kier molecular flexibility index (Phi) is 6.62. The fraction of sp³-hybridized carbons (Fsp3) is 0.350. The third kappa shape index (κ3) is 5.48. The summed E-state index contributed by atoms with van der Waals surface area (Å²) >= 11 is 6.28. The number of amidine groups is 1. The Bertz CT molecular complexity index is 1050. The molecule has 2 aliphatic rings. The van der Waals surface area contributed by atoms with Crippen molar-refractivity contribution >= 4 is 39.3 Å². The van der Waals surface area contributed by atoms with Gasteiger partial charge in [-0.05, 0) is 37.6 Å². The molecule has 2 heterocycles. The Morgan fingerprint density at radius 2 is 2.00 bits per heavy atom. The minimum Gasteiger partial charge on any atom is -0.463 e. The van der Waals surface area contributed by atoms with Crippen LogP contribution in [0, 0.1) is 0 Å². The van der Waals surface area contributed by atoms with Crippen molar-refractivity contribution in [1.29, 1.82) is 0 Å². The zero-order valence-corrected chi connectivity index (χ0v) is 18.1. The summed E-state index contributed by atoms with van der Waals surface area (Å²) in [5.74, 6) is -0.750. The summed E-state index contributed by atoms with van der Waals surface area (Å²) in [6.07, 6.45) is 4.14. The maximum Gasteiger partial charge on any atom is 0.308 e. The monoisotopic (exact) mass is 451 g/mol. The largest absolute Gasteiger partial charge is 0.463 e. The molecular weight excluding hydrogens is 430 g/mol. The van der Waals surface area contributed by atoms with Gasteiger partial charge >= 0.3 is 5.97 Å². The molecule has 1 aromatic rings. The second-order valence-electron chi connectivity index (χ2n) is 7.14. The number of esters is 1. The van der Waals surface area contributed by atoms with E-state index in [0.29, 0.717) is 16.2 Å². The average Bonchev–Trinajstić information content (AvgIpc) is 2.66. The van der Waals surface area contributed by atoms with Crippen LogP contribution in [0.5, 0.6) is 0 Å². The molecule has 1 unspecified atom stereocenters. The predicted molar refractivity (Wildman–Crippen MR) is 113 cm³/mol. The van der Waals surface area contributed by atoms with Crippen molar-refractivity contribution in [2.45, 2.75) is 32.4 Å². The van der Waals surface area contributed by atoms with Crippen molar-refractivity contribution in [2.75, 3.05) is 12.3 Å². The summed E-state index contributed by atoms with van der Waals surface area (Å²) in [6, 6.07) is 6.25. The minimum absolute atomic E-state index is 0.0840. The molecule has 0 aromatic heterocycles. The summed E-state index contributed by atoms with van der Waals surface area (Å²) in [5, 5.41) is 3.25. The smallest absolute Gasteiger partial charge is 0.308 e. The Morgan fingerprint density at radius 3 is 2.70 bits per heavy atom. The molecule has 160 valence electrons. The summed E-state index contributed by atoms with van der Waals surface area (Å²) < 4.78 is 32.2. The third-order valence-corrected chi connectivity index (χ3v) is 5.92. The second kappa shape index (κ2) is 9.01. The van der Waals surface area contributed by atoms with Gasteiger partial charge in [0, 0.05) is 17.8 Å². The quantitative estimate of drug-likeness (QED) is 0.665. The molecule has 1 atom stereocenters. The zero-order valence-electron chi connectivity index (χ0n) is 16.5. The summed E-state index contributed by atoms with van der Waals surface area (Å²) in [5.41, 5.74) is 0.905. The van der Waals surface area contributed by atoms with E-state index < -0.39 is 27.9 Å². The number of hydrogen-bond donors (Lipinski definition) is 1. The molecule has 0 bridgehead atoms. The highest BCUT2D eigenvalue weighted by molar-refractivity contribution is 7.90. The molecule has 0 radical (unpaired) electrons. The molecule has 0 spiro atoms. The molecule has 10 heteroatoms. The van der Waals surface area contributed by atoms with Gasteiger partial charge in [0.2, 0.25) is 0 Å². The van der Waals surface area contributed by atoms with E-state index >= 15 is 0 Å². The Labute approximate surface area is 180 Å². The lowest BCUT2D eigenvalue weighted by Crippen LogP contribution is -2.38. The number of carbonyl (C=O) groups excluding carboxylic acids is 2. The molecule has 1 N–H and O–H groups in total. The van der Waals surface area contributed by atoms with E-state index in [1.54, 1.807) is 49.2 Å². The van der Waals surface area contributed by atoms with Gasteiger partial charge in [-0.2, -0.15) is 0 Å². The van der Waals surface area contributed by atoms with Crippen LogP contribution < -0.4 is 5.32 Å². The van der Waals surface area contributed by atoms with Gasteiger partial charge in [-0.15, -0.1) is 4.40 Å². The van der Waals surface area contributed by atoms with Crippen molar-refractivity contribution in [1.82, 2.24) is 10.2 Å². The number of amides is 1. The topological polar surface area (TPSA) is 105 Å². The first kappa shape index (κ1) is 22.0. The summed E-state index contributed by atoms with van der Waals surface area (Å²) in [4.78, 5) is 26.7. The van der Waals surface area contributed by atoms with Crippen LogP contribution in [-0.4, -0.2) is 49.4 Å². The number of sulfonamides is 1. The highest BCUT2D eigenvalue weighted by Crippen LogP contribution is 2.26. The molecule has 3 rings (SSSR count). The number of benzene rings is 1. The van der Waals surface area contributed by atoms with Gasteiger partial charge in [0.15, 0.2) is 0 Å². The lowest BCUT2D eigenvalue weighted by atomic mass is 10.0. The van der Waals surface area contributed by atoms with E-state index in [1.165, 1.54) is 12.2 Å². The van der Waals surface area contributed by atoms with E-state index in [2.05, 4.69) is 9.71 Å². The third-order valence-electron chi connectivity index (χ3n) is 4.41. The Morgan fingerprint density at radius 1 is 1.27 bits per heavy atom. The number of nitrogens with zero attached hydrogens (tertiary/aromatic N) is 2. The van der Waals surface area contributed by atoms with Gasteiger partial charge in [0.25, 0.3) is 15.9 Å². The lowest BCUT2D eigenvalue weighted by Gasteiger charge is -2.27. The highest BCUT2D eigenvalue weighted by atomic mass is 35.5. The van der Waals surface area contributed by atoms with E-state index in [4.69, 9.17) is 16.3 Å². The van der Waals surface area contributed by atoms with Gasteiger partial charge in [0.05, 0.1) is 29.9 Å². The zero-order chi connectivity index (χ0) is 21.9. The van der Waals surface area contributed by atoms with Crippen LogP contribution in [-0.2, 0) is 24.3 Å². The molecule has 8 nitrogen and oxygen atoms in total.